The van der Waals surface area contributed by atoms with Crippen LogP contribution in [0.2, 0.25) is 0 Å². The lowest BCUT2D eigenvalue weighted by Crippen LogP contribution is -1.67. The molecule has 0 nitrogen and oxygen atoms in total. The van der Waals surface area contributed by atoms with Crippen LogP contribution in [0.3, 0.4) is 0 Å². The minimum absolute atomic E-state index is 1.10. The molecule has 0 aliphatic heterocycles. The van der Waals surface area contributed by atoms with Crippen molar-refractivity contribution >= 4 is 0 Å². The second-order valence-electron chi connectivity index (χ2n) is 1.42. The molecule has 0 bridgehead atoms. The zero-order chi connectivity index (χ0) is 5.70. The Morgan fingerprint density at radius 1 is 1.71 bits per heavy atom. The lowest BCUT2D eigenvalue weighted by Gasteiger charge is -1.88. The standard InChI is InChI=1S/C7H12/c1-4-7(5-2)6-3/h4-5H,1,6H2,2-3H3/b7-5+. The van der Waals surface area contributed by atoms with Gasteiger partial charge < -0.3 is 0 Å². The normalized spacial score (nSPS) is 11.4. The van der Waals surface area contributed by atoms with E-state index in [1.165, 1.54) is 5.57 Å². The molecule has 7 heavy (non-hydrogen) atoms. The van der Waals surface area contributed by atoms with Crippen LogP contribution < -0.4 is 0 Å². The Morgan fingerprint density at radius 2 is 2.29 bits per heavy atom. The fourth-order valence-corrected chi connectivity index (χ4v) is 0.466. The highest BCUT2D eigenvalue weighted by Gasteiger charge is 1.77. The molecule has 0 unspecified atom stereocenters. The van der Waals surface area contributed by atoms with Crippen LogP contribution in [0.5, 0.6) is 0 Å². The Morgan fingerprint density at radius 3 is 2.29 bits per heavy atom. The van der Waals surface area contributed by atoms with Crippen LogP contribution in [0.1, 0.15) is 20.3 Å². The van der Waals surface area contributed by atoms with Crippen molar-refractivity contribution < 1.29 is 0 Å². The van der Waals surface area contributed by atoms with Gasteiger partial charge in [0.2, 0.25) is 0 Å². The summed E-state index contributed by atoms with van der Waals surface area (Å²) < 4.78 is 0. The van der Waals surface area contributed by atoms with E-state index in [0.29, 0.717) is 0 Å². The zero-order valence-corrected chi connectivity index (χ0v) is 5.07. The van der Waals surface area contributed by atoms with Crippen molar-refractivity contribution in [2.75, 3.05) is 0 Å². The van der Waals surface area contributed by atoms with Gasteiger partial charge in [-0.1, -0.05) is 31.2 Å². The summed E-state index contributed by atoms with van der Waals surface area (Å²) in [5, 5.41) is 0. The van der Waals surface area contributed by atoms with Gasteiger partial charge in [0.05, 0.1) is 0 Å². The summed E-state index contributed by atoms with van der Waals surface area (Å²) in [4.78, 5) is 0. The lowest BCUT2D eigenvalue weighted by molar-refractivity contribution is 1.14. The molecule has 0 amide bonds. The molecular weight excluding hydrogens is 84.1 g/mol. The van der Waals surface area contributed by atoms with Crippen LogP contribution >= 0.6 is 0 Å². The van der Waals surface area contributed by atoms with E-state index in [9.17, 15) is 0 Å². The SMILES string of the molecule is C=C/C(=C\C)CC. The third-order valence-electron chi connectivity index (χ3n) is 1.04. The van der Waals surface area contributed by atoms with Crippen LogP contribution in [-0.2, 0) is 0 Å². The van der Waals surface area contributed by atoms with E-state index in [1.807, 2.05) is 13.0 Å². The molecule has 0 saturated heterocycles. The Labute approximate surface area is 45.5 Å². The van der Waals surface area contributed by atoms with E-state index >= 15 is 0 Å². The molecule has 0 fully saturated rings. The third-order valence-corrected chi connectivity index (χ3v) is 1.04. The topological polar surface area (TPSA) is 0 Å². The lowest BCUT2D eigenvalue weighted by atomic mass is 10.2. The monoisotopic (exact) mass is 96.1 g/mol. The van der Waals surface area contributed by atoms with Gasteiger partial charge in [0, 0.05) is 0 Å². The molecule has 0 aromatic rings. The molecule has 0 spiro atoms. The first-order chi connectivity index (χ1) is 3.35. The minimum Gasteiger partial charge on any atom is -0.0988 e. The molecule has 0 heterocycles. The van der Waals surface area contributed by atoms with E-state index in [0.717, 1.165) is 6.42 Å². The van der Waals surface area contributed by atoms with Gasteiger partial charge in [-0.15, -0.1) is 0 Å². The molecule has 0 radical (unpaired) electrons. The molecular formula is C7H12. The molecule has 0 aromatic heterocycles. The van der Waals surface area contributed by atoms with Crippen molar-refractivity contribution in [3.63, 3.8) is 0 Å². The van der Waals surface area contributed by atoms with Gasteiger partial charge in [0.1, 0.15) is 0 Å². The highest BCUT2D eigenvalue weighted by Crippen LogP contribution is 1.98. The predicted octanol–water partition coefficient (Wildman–Crippen LogP) is 2.53. The van der Waals surface area contributed by atoms with Crippen molar-refractivity contribution in [2.24, 2.45) is 0 Å². The maximum atomic E-state index is 3.63. The highest BCUT2D eigenvalue weighted by atomic mass is 13.8. The Bertz CT molecular complexity index is 78.0. The van der Waals surface area contributed by atoms with Crippen LogP contribution in [0.15, 0.2) is 24.3 Å². The highest BCUT2D eigenvalue weighted by molar-refractivity contribution is 5.13. The quantitative estimate of drug-likeness (QED) is 0.463. The van der Waals surface area contributed by atoms with Crippen molar-refractivity contribution in [3.05, 3.63) is 24.3 Å². The first-order valence-electron chi connectivity index (χ1n) is 2.62. The molecule has 0 aliphatic carbocycles. The van der Waals surface area contributed by atoms with Crippen LogP contribution in [0, 0.1) is 0 Å². The largest absolute Gasteiger partial charge is 0.0988 e. The van der Waals surface area contributed by atoms with Gasteiger partial charge in [-0.05, 0) is 13.3 Å². The van der Waals surface area contributed by atoms with Crippen LogP contribution in [0.25, 0.3) is 0 Å². The van der Waals surface area contributed by atoms with E-state index in [2.05, 4.69) is 19.6 Å². The van der Waals surface area contributed by atoms with Gasteiger partial charge in [0.15, 0.2) is 0 Å². The van der Waals surface area contributed by atoms with Crippen molar-refractivity contribution in [1.29, 1.82) is 0 Å². The Kier molecular flexibility index (Phi) is 3.39. The van der Waals surface area contributed by atoms with Crippen molar-refractivity contribution in [3.8, 4) is 0 Å². The summed E-state index contributed by atoms with van der Waals surface area (Å²) in [5.74, 6) is 0. The molecule has 0 aromatic carbocycles. The number of hydrogen-bond donors (Lipinski definition) is 0. The maximum Gasteiger partial charge on any atom is -0.0311 e. The minimum atomic E-state index is 1.10. The second kappa shape index (κ2) is 3.66. The van der Waals surface area contributed by atoms with Crippen LogP contribution in [0.4, 0.5) is 0 Å². The summed E-state index contributed by atoms with van der Waals surface area (Å²) in [6.07, 6.45) is 5.06. The van der Waals surface area contributed by atoms with Gasteiger partial charge in [-0.25, -0.2) is 0 Å². The summed E-state index contributed by atoms with van der Waals surface area (Å²) in [6.45, 7) is 7.78. The van der Waals surface area contributed by atoms with Gasteiger partial charge in [0.25, 0.3) is 0 Å². The predicted molar refractivity (Wildman–Crippen MR) is 34.2 cm³/mol. The average Bonchev–Trinajstić information content (AvgIpc) is 1.72. The average molecular weight is 96.2 g/mol. The van der Waals surface area contributed by atoms with E-state index in [-0.39, 0.29) is 0 Å². The first kappa shape index (κ1) is 6.48. The molecule has 0 saturated carbocycles. The van der Waals surface area contributed by atoms with E-state index < -0.39 is 0 Å². The molecule has 40 valence electrons. The summed E-state index contributed by atoms with van der Waals surface area (Å²) in [7, 11) is 0. The fourth-order valence-electron chi connectivity index (χ4n) is 0.466. The molecule has 0 heteroatoms. The Balaban J connectivity index is 3.60. The van der Waals surface area contributed by atoms with Gasteiger partial charge in [-0.2, -0.15) is 0 Å². The molecule has 0 N–H and O–H groups in total. The smallest absolute Gasteiger partial charge is 0.0311 e. The summed E-state index contributed by atoms with van der Waals surface area (Å²) >= 11 is 0. The van der Waals surface area contributed by atoms with Gasteiger partial charge >= 0.3 is 0 Å². The first-order valence-corrected chi connectivity index (χ1v) is 2.62. The van der Waals surface area contributed by atoms with Gasteiger partial charge in [-0.3, -0.25) is 0 Å². The molecule has 0 aliphatic rings. The second-order valence-corrected chi connectivity index (χ2v) is 1.42. The van der Waals surface area contributed by atoms with Crippen molar-refractivity contribution in [2.45, 2.75) is 20.3 Å². The maximum absolute atomic E-state index is 3.63. The Hall–Kier alpha value is -0.520. The van der Waals surface area contributed by atoms with E-state index in [4.69, 9.17) is 0 Å². The third kappa shape index (κ3) is 2.21. The molecule has 0 rings (SSSR count). The zero-order valence-electron chi connectivity index (χ0n) is 5.07. The summed E-state index contributed by atoms with van der Waals surface area (Å²) in [6, 6.07) is 0. The number of rotatable bonds is 2. The summed E-state index contributed by atoms with van der Waals surface area (Å²) in [5.41, 5.74) is 1.32. The van der Waals surface area contributed by atoms with Crippen molar-refractivity contribution in [1.82, 2.24) is 0 Å². The number of allylic oxidation sites excluding steroid dienone is 3. The molecule has 0 atom stereocenters. The fraction of sp³-hybridized carbons (Fsp3) is 0.429. The van der Waals surface area contributed by atoms with Crippen LogP contribution in [-0.4, -0.2) is 0 Å². The van der Waals surface area contributed by atoms with E-state index in [1.54, 1.807) is 0 Å². The number of hydrogen-bond acceptors (Lipinski definition) is 0.